The highest BCUT2D eigenvalue weighted by Crippen LogP contribution is 2.46. The normalized spacial score (nSPS) is 18.1. The third-order valence-corrected chi connectivity index (χ3v) is 6.75. The smallest absolute Gasteiger partial charge is 0.362 e. The van der Waals surface area contributed by atoms with Gasteiger partial charge >= 0.3 is 6.18 Å². The molecule has 0 unspecified atom stereocenters. The van der Waals surface area contributed by atoms with Crippen molar-refractivity contribution in [2.45, 2.75) is 38.1 Å². The van der Waals surface area contributed by atoms with Gasteiger partial charge in [-0.2, -0.15) is 23.4 Å². The molecular weight excluding hydrogens is 525 g/mol. The predicted molar refractivity (Wildman–Crippen MR) is 121 cm³/mol. The predicted octanol–water partition coefficient (Wildman–Crippen LogP) is 5.27. The first-order valence-corrected chi connectivity index (χ1v) is 11.2. The molecule has 0 spiro atoms. The quantitative estimate of drug-likeness (QED) is 0.485. The fraction of sp³-hybridized carbons (Fsp3) is 0.381. The number of carbonyl (C=O) groups excluding carboxylic acids is 1. The standard InChI is InChI=1S/C21H21BrClF3N6O/c1-11-13(9-27-31(11)3)10-30(2)20(33)18-17(23)19-28-15(12-4-6-14(22)7-5-12)8-16(21(24,25)26)32(19)29-18/h4-7,9,15-16,28H,8,10H2,1-3H3/t15-,16+/m0/s1. The van der Waals surface area contributed by atoms with Gasteiger partial charge in [0.05, 0.1) is 12.2 Å². The number of halogens is 5. The molecule has 1 aliphatic heterocycles. The van der Waals surface area contributed by atoms with Gasteiger partial charge < -0.3 is 10.2 Å². The average Bonchev–Trinajstić information content (AvgIpc) is 3.26. The first-order valence-electron chi connectivity index (χ1n) is 10.1. The SMILES string of the molecule is Cc1c(CN(C)C(=O)c2nn3c(c2Cl)N[C@H](c2ccc(Br)cc2)C[C@@H]3C(F)(F)F)cnn1C. The van der Waals surface area contributed by atoms with Crippen molar-refractivity contribution in [3.05, 3.63) is 62.5 Å². The molecule has 2 atom stereocenters. The van der Waals surface area contributed by atoms with E-state index in [9.17, 15) is 18.0 Å². The van der Waals surface area contributed by atoms with E-state index in [-0.39, 0.29) is 29.5 Å². The molecule has 0 fully saturated rings. The fourth-order valence-corrected chi connectivity index (χ4v) is 4.37. The van der Waals surface area contributed by atoms with Gasteiger partial charge in [0.25, 0.3) is 5.91 Å². The summed E-state index contributed by atoms with van der Waals surface area (Å²) in [6.45, 7) is 2.08. The topological polar surface area (TPSA) is 68.0 Å². The van der Waals surface area contributed by atoms with E-state index >= 15 is 0 Å². The fourth-order valence-electron chi connectivity index (χ4n) is 3.85. The van der Waals surface area contributed by atoms with Crippen LogP contribution in [0.2, 0.25) is 5.02 Å². The molecule has 2 aromatic heterocycles. The number of hydrogen-bond donors (Lipinski definition) is 1. The van der Waals surface area contributed by atoms with Gasteiger partial charge in [0.2, 0.25) is 0 Å². The van der Waals surface area contributed by atoms with E-state index in [2.05, 4.69) is 31.4 Å². The van der Waals surface area contributed by atoms with Gasteiger partial charge in [-0.1, -0.05) is 39.7 Å². The molecule has 0 bridgehead atoms. The minimum absolute atomic E-state index is 0.0209. The van der Waals surface area contributed by atoms with Crippen LogP contribution in [0.3, 0.4) is 0 Å². The Morgan fingerprint density at radius 3 is 2.58 bits per heavy atom. The van der Waals surface area contributed by atoms with E-state index in [4.69, 9.17) is 11.6 Å². The number of fused-ring (bicyclic) bond motifs is 1. The lowest BCUT2D eigenvalue weighted by molar-refractivity contribution is -0.173. The molecule has 1 aromatic carbocycles. The number of aromatic nitrogens is 4. The van der Waals surface area contributed by atoms with E-state index in [0.717, 1.165) is 20.4 Å². The molecule has 0 saturated carbocycles. The summed E-state index contributed by atoms with van der Waals surface area (Å²) in [7, 11) is 3.33. The molecule has 1 aliphatic rings. The number of nitrogens with one attached hydrogen (secondary N) is 1. The highest BCUT2D eigenvalue weighted by atomic mass is 79.9. The van der Waals surface area contributed by atoms with Gasteiger partial charge in [0.1, 0.15) is 10.8 Å². The Hall–Kier alpha value is -2.53. The summed E-state index contributed by atoms with van der Waals surface area (Å²) in [6.07, 6.45) is -3.21. The molecular formula is C21H21BrClF3N6O. The molecule has 0 saturated heterocycles. The molecule has 0 radical (unpaired) electrons. The van der Waals surface area contributed by atoms with Crippen molar-refractivity contribution in [3.63, 3.8) is 0 Å². The van der Waals surface area contributed by atoms with Gasteiger partial charge in [0, 0.05) is 42.8 Å². The van der Waals surface area contributed by atoms with E-state index in [0.29, 0.717) is 5.56 Å². The van der Waals surface area contributed by atoms with Crippen LogP contribution in [0.1, 0.15) is 45.8 Å². The van der Waals surface area contributed by atoms with E-state index < -0.39 is 24.2 Å². The maximum atomic E-state index is 14.0. The Morgan fingerprint density at radius 2 is 2.00 bits per heavy atom. The van der Waals surface area contributed by atoms with Crippen molar-refractivity contribution in [2.75, 3.05) is 12.4 Å². The largest absolute Gasteiger partial charge is 0.410 e. The third kappa shape index (κ3) is 4.48. The summed E-state index contributed by atoms with van der Waals surface area (Å²) in [5.74, 6) is -0.597. The van der Waals surface area contributed by atoms with Crippen LogP contribution in [0.4, 0.5) is 19.0 Å². The number of nitrogens with zero attached hydrogens (tertiary/aromatic N) is 5. The van der Waals surface area contributed by atoms with Crippen molar-refractivity contribution in [1.29, 1.82) is 0 Å². The Kier molecular flexibility index (Phi) is 6.21. The number of rotatable bonds is 4. The van der Waals surface area contributed by atoms with Gasteiger partial charge in [-0.05, 0) is 24.6 Å². The summed E-state index contributed by atoms with van der Waals surface area (Å²) in [4.78, 5) is 14.4. The minimum Gasteiger partial charge on any atom is -0.362 e. The maximum Gasteiger partial charge on any atom is 0.410 e. The molecule has 176 valence electrons. The zero-order valence-corrected chi connectivity index (χ0v) is 20.3. The van der Waals surface area contributed by atoms with Crippen LogP contribution in [-0.4, -0.2) is 43.6 Å². The summed E-state index contributed by atoms with van der Waals surface area (Å²) in [5, 5.41) is 11.1. The van der Waals surface area contributed by atoms with Crippen LogP contribution in [0, 0.1) is 6.92 Å². The number of anilines is 1. The number of hydrogen-bond acceptors (Lipinski definition) is 4. The number of carbonyl (C=O) groups is 1. The Morgan fingerprint density at radius 1 is 1.33 bits per heavy atom. The van der Waals surface area contributed by atoms with E-state index in [1.165, 1.54) is 4.90 Å². The highest BCUT2D eigenvalue weighted by molar-refractivity contribution is 9.10. The van der Waals surface area contributed by atoms with Crippen molar-refractivity contribution < 1.29 is 18.0 Å². The summed E-state index contributed by atoms with van der Waals surface area (Å²) < 4.78 is 45.2. The van der Waals surface area contributed by atoms with E-state index in [1.54, 1.807) is 49.2 Å². The molecule has 1 amide bonds. The number of benzene rings is 1. The van der Waals surface area contributed by atoms with Crippen LogP contribution >= 0.6 is 27.5 Å². The first-order chi connectivity index (χ1) is 15.5. The lowest BCUT2D eigenvalue weighted by Gasteiger charge is -2.33. The first kappa shape index (κ1) is 23.6. The van der Waals surface area contributed by atoms with Crippen molar-refractivity contribution in [1.82, 2.24) is 24.5 Å². The van der Waals surface area contributed by atoms with Crippen LogP contribution in [0.15, 0.2) is 34.9 Å². The summed E-state index contributed by atoms with van der Waals surface area (Å²) in [5.41, 5.74) is 2.14. The molecule has 3 aromatic rings. The third-order valence-electron chi connectivity index (χ3n) is 5.86. The Balaban J connectivity index is 1.67. The number of aryl methyl sites for hydroxylation is 1. The number of alkyl halides is 3. The van der Waals surface area contributed by atoms with Crippen LogP contribution in [0.25, 0.3) is 0 Å². The second-order valence-corrected chi connectivity index (χ2v) is 9.33. The van der Waals surface area contributed by atoms with Crippen LogP contribution in [-0.2, 0) is 13.6 Å². The Labute approximate surface area is 201 Å². The summed E-state index contributed by atoms with van der Waals surface area (Å²) in [6, 6.07) is 4.43. The van der Waals surface area contributed by atoms with Crippen LogP contribution < -0.4 is 5.32 Å². The van der Waals surface area contributed by atoms with Gasteiger partial charge in [-0.3, -0.25) is 9.48 Å². The van der Waals surface area contributed by atoms with Crippen LogP contribution in [0.5, 0.6) is 0 Å². The molecule has 12 heteroatoms. The lowest BCUT2D eigenvalue weighted by Crippen LogP contribution is -2.36. The van der Waals surface area contributed by atoms with Gasteiger partial charge in [-0.15, -0.1) is 0 Å². The van der Waals surface area contributed by atoms with Gasteiger partial charge in [-0.25, -0.2) is 4.68 Å². The Bertz CT molecular complexity index is 1190. The maximum absolute atomic E-state index is 14.0. The van der Waals surface area contributed by atoms with Crippen molar-refractivity contribution in [2.24, 2.45) is 7.05 Å². The zero-order valence-electron chi connectivity index (χ0n) is 18.0. The zero-order chi connectivity index (χ0) is 24.1. The molecule has 4 rings (SSSR count). The second kappa shape index (κ2) is 8.68. The van der Waals surface area contributed by atoms with Gasteiger partial charge in [0.15, 0.2) is 11.7 Å². The molecule has 33 heavy (non-hydrogen) atoms. The van der Waals surface area contributed by atoms with Crippen molar-refractivity contribution in [3.8, 4) is 0 Å². The minimum atomic E-state index is -4.57. The average molecular weight is 546 g/mol. The second-order valence-electron chi connectivity index (χ2n) is 8.04. The highest BCUT2D eigenvalue weighted by Gasteiger charge is 2.48. The lowest BCUT2D eigenvalue weighted by atomic mass is 9.97. The van der Waals surface area contributed by atoms with Crippen molar-refractivity contribution >= 4 is 39.3 Å². The summed E-state index contributed by atoms with van der Waals surface area (Å²) >= 11 is 9.76. The molecule has 7 nitrogen and oxygen atoms in total. The number of amides is 1. The van der Waals surface area contributed by atoms with E-state index in [1.807, 2.05) is 6.92 Å². The molecule has 0 aliphatic carbocycles. The molecule has 3 heterocycles. The molecule has 1 N–H and O–H groups in total. The monoisotopic (exact) mass is 544 g/mol.